The van der Waals surface area contributed by atoms with Crippen LogP contribution in [-0.2, 0) is 6.42 Å². The number of aliphatic imine (C=N–C) groups is 2. The first-order valence-corrected chi connectivity index (χ1v) is 24.2. The van der Waals surface area contributed by atoms with Gasteiger partial charge in [0.05, 0.1) is 16.6 Å². The summed E-state index contributed by atoms with van der Waals surface area (Å²) >= 11 is 0. The molecule has 0 spiro atoms. The van der Waals surface area contributed by atoms with Gasteiger partial charge in [0.15, 0.2) is 5.84 Å². The van der Waals surface area contributed by atoms with Crippen LogP contribution >= 0.6 is 0 Å². The number of benzene rings is 10. The van der Waals surface area contributed by atoms with Crippen molar-refractivity contribution in [1.82, 2.24) is 9.88 Å². The van der Waals surface area contributed by atoms with Crippen LogP contribution < -0.4 is 5.32 Å². The summed E-state index contributed by atoms with van der Waals surface area (Å²) in [4.78, 5) is 11.3. The van der Waals surface area contributed by atoms with Crippen molar-refractivity contribution in [3.63, 3.8) is 0 Å². The summed E-state index contributed by atoms with van der Waals surface area (Å²) in [6.45, 7) is 0. The van der Waals surface area contributed by atoms with E-state index in [0.717, 1.165) is 101 Å². The first kappa shape index (κ1) is 39.0. The Labute approximate surface area is 402 Å². The third-order valence-electron chi connectivity index (χ3n) is 14.9. The average Bonchev–Trinajstić information content (AvgIpc) is 4.07. The van der Waals surface area contributed by atoms with E-state index in [1.807, 2.05) is 24.3 Å². The maximum Gasteiger partial charge on any atom is 0.160 e. The van der Waals surface area contributed by atoms with Crippen molar-refractivity contribution in [2.24, 2.45) is 9.98 Å². The largest absolute Gasteiger partial charge is 0.456 e. The first-order valence-electron chi connectivity index (χ1n) is 24.2. The molecule has 0 bridgehead atoms. The maximum atomic E-state index is 6.97. The lowest BCUT2D eigenvalue weighted by atomic mass is 9.84. The van der Waals surface area contributed by atoms with Gasteiger partial charge in [0.2, 0.25) is 0 Å². The molecule has 6 nitrogen and oxygen atoms in total. The molecule has 13 aromatic rings. The Morgan fingerprint density at radius 1 is 0.471 bits per heavy atom. The smallest absolute Gasteiger partial charge is 0.160 e. The van der Waals surface area contributed by atoms with E-state index in [-0.39, 0.29) is 5.92 Å². The Bertz CT molecular complexity index is 4360. The molecular weight excluding hydrogens is 857 g/mol. The molecule has 330 valence electrons. The summed E-state index contributed by atoms with van der Waals surface area (Å²) in [6.07, 6.45) is 1.36. The van der Waals surface area contributed by atoms with E-state index in [4.69, 9.17) is 18.8 Å². The van der Waals surface area contributed by atoms with E-state index in [9.17, 15) is 0 Å². The fourth-order valence-corrected chi connectivity index (χ4v) is 11.8. The topological polar surface area (TPSA) is 68.0 Å². The van der Waals surface area contributed by atoms with Crippen LogP contribution in [0.3, 0.4) is 0 Å². The number of nitrogens with zero attached hydrogens (tertiary/aromatic N) is 3. The molecule has 0 amide bonds. The van der Waals surface area contributed by atoms with Gasteiger partial charge in [-0.05, 0) is 112 Å². The van der Waals surface area contributed by atoms with Gasteiger partial charge in [-0.25, -0.2) is 9.98 Å². The van der Waals surface area contributed by atoms with E-state index in [1.165, 1.54) is 38.6 Å². The summed E-state index contributed by atoms with van der Waals surface area (Å²) in [5.41, 5.74) is 16.0. The Balaban J connectivity index is 0.981. The number of hydrogen-bond donors (Lipinski definition) is 1. The molecule has 1 N–H and O–H groups in total. The number of aromatic nitrogens is 1. The average molecular weight is 899 g/mol. The molecule has 0 saturated carbocycles. The molecule has 4 heterocycles. The minimum absolute atomic E-state index is 0.0977. The van der Waals surface area contributed by atoms with Crippen LogP contribution in [-0.4, -0.2) is 16.2 Å². The zero-order chi connectivity index (χ0) is 45.9. The number of hydrogen-bond acceptors (Lipinski definition) is 5. The highest BCUT2D eigenvalue weighted by Gasteiger charge is 2.31. The van der Waals surface area contributed by atoms with Crippen molar-refractivity contribution in [3.8, 4) is 16.8 Å². The van der Waals surface area contributed by atoms with Gasteiger partial charge in [0.1, 0.15) is 34.3 Å². The predicted octanol–water partition coefficient (Wildman–Crippen LogP) is 16.0. The molecular formula is C64H42N4O2. The SMILES string of the molecule is c1ccc(-n2c3ccccc3c3c(C4=NC(c5cccc6oc7ccccc7c56)NC(c5cc(C6CCc7cc8ccccc8cc7-c7ccccc76)cc6c5oc5ccccc56)=N4)cccc32)cc1. The molecule has 0 saturated heterocycles. The molecule has 0 fully saturated rings. The van der Waals surface area contributed by atoms with Gasteiger partial charge in [0.25, 0.3) is 0 Å². The number of aryl methyl sites for hydroxylation is 1. The zero-order valence-electron chi connectivity index (χ0n) is 37.9. The van der Waals surface area contributed by atoms with E-state index in [2.05, 4.69) is 198 Å². The number of amidine groups is 2. The summed E-state index contributed by atoms with van der Waals surface area (Å²) in [5, 5.41) is 12.9. The van der Waals surface area contributed by atoms with Crippen molar-refractivity contribution in [2.45, 2.75) is 24.9 Å². The molecule has 10 aromatic carbocycles. The fourth-order valence-electron chi connectivity index (χ4n) is 11.8. The number of para-hydroxylation sites is 4. The summed E-state index contributed by atoms with van der Waals surface area (Å²) in [7, 11) is 0. The second kappa shape index (κ2) is 15.3. The predicted molar refractivity (Wildman–Crippen MR) is 287 cm³/mol. The zero-order valence-corrected chi connectivity index (χ0v) is 37.9. The van der Waals surface area contributed by atoms with Crippen LogP contribution in [0.5, 0.6) is 0 Å². The van der Waals surface area contributed by atoms with Gasteiger partial charge in [-0.2, -0.15) is 0 Å². The van der Waals surface area contributed by atoms with Crippen molar-refractivity contribution < 1.29 is 8.83 Å². The Hall–Kier alpha value is -9.00. The lowest BCUT2D eigenvalue weighted by molar-refractivity contribution is 0.656. The number of fused-ring (bicyclic) bond motifs is 13. The lowest BCUT2D eigenvalue weighted by Gasteiger charge is -2.25. The number of nitrogens with one attached hydrogen (secondary N) is 1. The second-order valence-corrected chi connectivity index (χ2v) is 18.7. The van der Waals surface area contributed by atoms with E-state index in [0.29, 0.717) is 11.7 Å². The quantitative estimate of drug-likeness (QED) is 0.187. The fraction of sp³-hybridized carbons (Fsp3) is 0.0625. The third kappa shape index (κ3) is 5.93. The summed E-state index contributed by atoms with van der Waals surface area (Å²) in [5.74, 6) is 1.44. The molecule has 1 aliphatic carbocycles. The molecule has 2 aliphatic rings. The van der Waals surface area contributed by atoms with Gasteiger partial charge in [-0.1, -0.05) is 152 Å². The van der Waals surface area contributed by atoms with Crippen molar-refractivity contribution >= 4 is 88.1 Å². The highest BCUT2D eigenvalue weighted by molar-refractivity contribution is 6.25. The summed E-state index contributed by atoms with van der Waals surface area (Å²) in [6, 6.07) is 76.0. The van der Waals surface area contributed by atoms with Crippen LogP contribution in [0.2, 0.25) is 0 Å². The first-order chi connectivity index (χ1) is 34.7. The molecule has 15 rings (SSSR count). The van der Waals surface area contributed by atoms with Gasteiger partial charge >= 0.3 is 0 Å². The van der Waals surface area contributed by atoms with E-state index < -0.39 is 6.17 Å². The molecule has 0 radical (unpaired) electrons. The van der Waals surface area contributed by atoms with Gasteiger partial charge in [0, 0.05) is 55.0 Å². The molecule has 6 heteroatoms. The van der Waals surface area contributed by atoms with Crippen LogP contribution in [0.15, 0.2) is 231 Å². The van der Waals surface area contributed by atoms with Crippen molar-refractivity contribution in [2.75, 3.05) is 0 Å². The Morgan fingerprint density at radius 2 is 1.14 bits per heavy atom. The van der Waals surface area contributed by atoms with Crippen LogP contribution in [0, 0.1) is 0 Å². The third-order valence-corrected chi connectivity index (χ3v) is 14.9. The minimum Gasteiger partial charge on any atom is -0.456 e. The van der Waals surface area contributed by atoms with E-state index in [1.54, 1.807) is 0 Å². The second-order valence-electron chi connectivity index (χ2n) is 18.7. The van der Waals surface area contributed by atoms with Crippen LogP contribution in [0.1, 0.15) is 51.9 Å². The molecule has 1 aliphatic heterocycles. The van der Waals surface area contributed by atoms with Crippen LogP contribution in [0.25, 0.3) is 93.3 Å². The van der Waals surface area contributed by atoms with Crippen LogP contribution in [0.4, 0.5) is 0 Å². The Morgan fingerprint density at radius 3 is 2.03 bits per heavy atom. The number of furan rings is 2. The molecule has 70 heavy (non-hydrogen) atoms. The summed E-state index contributed by atoms with van der Waals surface area (Å²) < 4.78 is 15.8. The van der Waals surface area contributed by atoms with Gasteiger partial charge in [-0.3, -0.25) is 0 Å². The number of rotatable bonds is 5. The molecule has 2 unspecified atom stereocenters. The monoisotopic (exact) mass is 898 g/mol. The Kier molecular flexibility index (Phi) is 8.51. The van der Waals surface area contributed by atoms with Crippen molar-refractivity contribution in [3.05, 3.63) is 246 Å². The highest BCUT2D eigenvalue weighted by Crippen LogP contribution is 2.46. The molecule has 2 atom stereocenters. The normalized spacial score (nSPS) is 15.9. The van der Waals surface area contributed by atoms with Crippen molar-refractivity contribution in [1.29, 1.82) is 0 Å². The van der Waals surface area contributed by atoms with Gasteiger partial charge in [-0.15, -0.1) is 0 Å². The minimum atomic E-state index is -0.532. The maximum absolute atomic E-state index is 6.97. The highest BCUT2D eigenvalue weighted by atomic mass is 16.3. The molecule has 3 aromatic heterocycles. The lowest BCUT2D eigenvalue weighted by Crippen LogP contribution is -2.34. The van der Waals surface area contributed by atoms with Gasteiger partial charge < -0.3 is 18.7 Å². The standard InChI is InChI=1S/C64H42N4O2/c1-2-18-42(19-3-1)68-54-27-11-8-23-47(54)59-49(25-14-28-55(59)68)62-65-63(50-26-15-31-58-60(50)48-24-10-13-30-57(48)69-58)67-64(66-62)53-37-41(36-52-46-22-9-12-29-56(46)70-61(52)53)43-33-32-40-34-38-16-4-5-17-39(38)35-51(40)45-21-7-6-20-44(43)45/h1-31,34-37,43,63H,32-33H2,(H,65,66,67). The van der Waals surface area contributed by atoms with E-state index >= 15 is 0 Å².